The fourth-order valence-corrected chi connectivity index (χ4v) is 1.78. The summed E-state index contributed by atoms with van der Waals surface area (Å²) in [5, 5.41) is 12.9. The van der Waals surface area contributed by atoms with E-state index in [1.54, 1.807) is 14.0 Å². The fourth-order valence-electron chi connectivity index (χ4n) is 1.78. The van der Waals surface area contributed by atoms with Crippen LogP contribution in [0, 0.1) is 19.3 Å². The predicted octanol–water partition coefficient (Wildman–Crippen LogP) is -0.648. The highest BCUT2D eigenvalue weighted by Gasteiger charge is 2.23. The Morgan fingerprint density at radius 3 is 2.67 bits per heavy atom. The summed E-state index contributed by atoms with van der Waals surface area (Å²) in [5.74, 6) is 0.944. The van der Waals surface area contributed by atoms with Gasteiger partial charge in [0.05, 0.1) is 12.2 Å². The van der Waals surface area contributed by atoms with Crippen LogP contribution in [0.25, 0.3) is 0 Å². The van der Waals surface area contributed by atoms with Gasteiger partial charge in [-0.25, -0.2) is 0 Å². The summed E-state index contributed by atoms with van der Waals surface area (Å²) >= 11 is 0. The Kier molecular flexibility index (Phi) is 3.94. The molecule has 1 aromatic heterocycles. The summed E-state index contributed by atoms with van der Waals surface area (Å²) in [6.45, 7) is 1.34. The smallest absolute Gasteiger partial charge is 0.323 e. The molecule has 1 amide bonds. The summed E-state index contributed by atoms with van der Waals surface area (Å²) in [5.41, 5.74) is 5.90. The van der Waals surface area contributed by atoms with E-state index in [1.165, 1.54) is 9.58 Å². The zero-order valence-corrected chi connectivity index (χ0v) is 10.2. The first-order chi connectivity index (χ1) is 8.38. The molecular formula is C11H14N4O3. The molecule has 0 saturated carbocycles. The van der Waals surface area contributed by atoms with Gasteiger partial charge in [0, 0.05) is 7.05 Å². The number of carbonyl (C=O) groups is 2. The van der Waals surface area contributed by atoms with E-state index >= 15 is 0 Å². The third-order valence-electron chi connectivity index (χ3n) is 2.35. The molecular weight excluding hydrogens is 236 g/mol. The lowest BCUT2D eigenvalue weighted by Crippen LogP contribution is -2.33. The van der Waals surface area contributed by atoms with Crippen molar-refractivity contribution < 1.29 is 14.7 Å². The third kappa shape index (κ3) is 2.60. The molecule has 0 aromatic carbocycles. The molecule has 0 radical (unpaired) electrons. The molecule has 7 nitrogen and oxygen atoms in total. The Hall–Kier alpha value is -2.49. The maximum atomic E-state index is 11.4. The van der Waals surface area contributed by atoms with Crippen LogP contribution in [0.3, 0.4) is 0 Å². The number of aromatic nitrogens is 2. The number of hydrogen-bond acceptors (Lipinski definition) is 4. The molecule has 1 rings (SSSR count). The van der Waals surface area contributed by atoms with Crippen molar-refractivity contribution >= 4 is 17.7 Å². The highest BCUT2D eigenvalue weighted by Crippen LogP contribution is 2.22. The molecule has 0 aliphatic carbocycles. The van der Waals surface area contributed by atoms with Gasteiger partial charge in [0.15, 0.2) is 0 Å². The Bertz CT molecular complexity index is 527. The molecule has 1 aromatic rings. The first-order valence-corrected chi connectivity index (χ1v) is 5.12. The molecule has 0 atom stereocenters. The first kappa shape index (κ1) is 13.6. The monoisotopic (exact) mass is 250 g/mol. The van der Waals surface area contributed by atoms with E-state index in [9.17, 15) is 9.59 Å². The van der Waals surface area contributed by atoms with Crippen LogP contribution in [-0.4, -0.2) is 39.9 Å². The predicted molar refractivity (Wildman–Crippen MR) is 65.1 cm³/mol. The minimum Gasteiger partial charge on any atom is -0.480 e. The van der Waals surface area contributed by atoms with Crippen LogP contribution in [0.2, 0.25) is 0 Å². The molecule has 0 unspecified atom stereocenters. The number of amides is 1. The van der Waals surface area contributed by atoms with E-state index in [-0.39, 0.29) is 18.7 Å². The average Bonchev–Trinajstić information content (AvgIpc) is 2.52. The number of nitrogens with two attached hydrogens (primary N) is 1. The number of aliphatic carboxylic acids is 1. The number of primary amides is 1. The SMILES string of the molecule is C#CCN(CC(=O)O)c1c(C(N)=O)c(C)nn1C. The van der Waals surface area contributed by atoms with Crippen LogP contribution >= 0.6 is 0 Å². The number of carbonyl (C=O) groups excluding carboxylic acids is 1. The van der Waals surface area contributed by atoms with Crippen LogP contribution in [0.4, 0.5) is 5.82 Å². The third-order valence-corrected chi connectivity index (χ3v) is 2.35. The van der Waals surface area contributed by atoms with Crippen molar-refractivity contribution in [1.82, 2.24) is 9.78 Å². The van der Waals surface area contributed by atoms with E-state index in [0.29, 0.717) is 11.5 Å². The van der Waals surface area contributed by atoms with Gasteiger partial charge < -0.3 is 15.7 Å². The van der Waals surface area contributed by atoms with E-state index in [2.05, 4.69) is 11.0 Å². The Morgan fingerprint density at radius 2 is 2.22 bits per heavy atom. The zero-order valence-electron chi connectivity index (χ0n) is 10.2. The van der Waals surface area contributed by atoms with Gasteiger partial charge in [-0.1, -0.05) is 5.92 Å². The normalized spacial score (nSPS) is 9.83. The maximum absolute atomic E-state index is 11.4. The number of carboxylic acid groups (broad SMARTS) is 1. The highest BCUT2D eigenvalue weighted by molar-refractivity contribution is 5.99. The lowest BCUT2D eigenvalue weighted by atomic mass is 10.2. The second-order valence-corrected chi connectivity index (χ2v) is 3.73. The van der Waals surface area contributed by atoms with Crippen molar-refractivity contribution in [1.29, 1.82) is 0 Å². The molecule has 0 aliphatic heterocycles. The van der Waals surface area contributed by atoms with E-state index in [4.69, 9.17) is 17.3 Å². The van der Waals surface area contributed by atoms with Crippen molar-refractivity contribution in [2.24, 2.45) is 12.8 Å². The van der Waals surface area contributed by atoms with Crippen LogP contribution in [-0.2, 0) is 11.8 Å². The number of anilines is 1. The van der Waals surface area contributed by atoms with Crippen LogP contribution in [0.15, 0.2) is 0 Å². The molecule has 7 heteroatoms. The van der Waals surface area contributed by atoms with Gasteiger partial charge in [-0.2, -0.15) is 5.10 Å². The molecule has 0 aliphatic rings. The van der Waals surface area contributed by atoms with Gasteiger partial charge in [-0.05, 0) is 6.92 Å². The standard InChI is InChI=1S/C11H14N4O3/c1-4-5-15(6-8(16)17)11-9(10(12)18)7(2)13-14(11)3/h1H,5-6H2,2-3H3,(H2,12,18)(H,16,17). The molecule has 18 heavy (non-hydrogen) atoms. The zero-order chi connectivity index (χ0) is 13.9. The second-order valence-electron chi connectivity index (χ2n) is 3.73. The van der Waals surface area contributed by atoms with Crippen molar-refractivity contribution in [3.05, 3.63) is 11.3 Å². The maximum Gasteiger partial charge on any atom is 0.323 e. The van der Waals surface area contributed by atoms with Gasteiger partial charge >= 0.3 is 5.97 Å². The Labute approximate surface area is 104 Å². The topological polar surface area (TPSA) is 101 Å². The summed E-state index contributed by atoms with van der Waals surface area (Å²) in [6.07, 6.45) is 5.20. The molecule has 0 fully saturated rings. The van der Waals surface area contributed by atoms with Gasteiger partial charge in [0.25, 0.3) is 5.91 Å². The molecule has 96 valence electrons. The van der Waals surface area contributed by atoms with E-state index in [1.807, 2.05) is 0 Å². The average molecular weight is 250 g/mol. The summed E-state index contributed by atoms with van der Waals surface area (Å²) in [4.78, 5) is 23.6. The molecule has 1 heterocycles. The number of hydrogen-bond donors (Lipinski definition) is 2. The van der Waals surface area contributed by atoms with Gasteiger partial charge in [0.2, 0.25) is 0 Å². The van der Waals surface area contributed by atoms with Gasteiger partial charge in [-0.15, -0.1) is 6.42 Å². The lowest BCUT2D eigenvalue weighted by Gasteiger charge is -2.20. The number of terminal acetylenes is 1. The van der Waals surface area contributed by atoms with Gasteiger partial charge in [0.1, 0.15) is 17.9 Å². The van der Waals surface area contributed by atoms with Crippen molar-refractivity contribution in [3.8, 4) is 12.3 Å². The van der Waals surface area contributed by atoms with Crippen molar-refractivity contribution in [3.63, 3.8) is 0 Å². The quantitative estimate of drug-likeness (QED) is 0.676. The second kappa shape index (κ2) is 5.23. The lowest BCUT2D eigenvalue weighted by molar-refractivity contribution is -0.135. The Morgan fingerprint density at radius 1 is 1.61 bits per heavy atom. The summed E-state index contributed by atoms with van der Waals surface area (Å²) in [6, 6.07) is 0. The van der Waals surface area contributed by atoms with E-state index < -0.39 is 11.9 Å². The largest absolute Gasteiger partial charge is 0.480 e. The number of aryl methyl sites for hydroxylation is 2. The number of rotatable bonds is 5. The van der Waals surface area contributed by atoms with Crippen LogP contribution < -0.4 is 10.6 Å². The van der Waals surface area contributed by atoms with Crippen molar-refractivity contribution in [2.45, 2.75) is 6.92 Å². The van der Waals surface area contributed by atoms with Gasteiger partial charge in [-0.3, -0.25) is 14.3 Å². The summed E-state index contributed by atoms with van der Waals surface area (Å²) in [7, 11) is 1.60. The first-order valence-electron chi connectivity index (χ1n) is 5.12. The number of nitrogens with zero attached hydrogens (tertiary/aromatic N) is 3. The van der Waals surface area contributed by atoms with Crippen LogP contribution in [0.5, 0.6) is 0 Å². The minimum atomic E-state index is -1.06. The fraction of sp³-hybridized carbons (Fsp3) is 0.364. The molecule has 3 N–H and O–H groups in total. The molecule has 0 saturated heterocycles. The molecule has 0 spiro atoms. The van der Waals surface area contributed by atoms with E-state index in [0.717, 1.165) is 0 Å². The molecule has 0 bridgehead atoms. The highest BCUT2D eigenvalue weighted by atomic mass is 16.4. The van der Waals surface area contributed by atoms with Crippen molar-refractivity contribution in [2.75, 3.05) is 18.0 Å². The minimum absolute atomic E-state index is 0.0472. The van der Waals surface area contributed by atoms with Crippen LogP contribution in [0.1, 0.15) is 16.1 Å². The Balaban J connectivity index is 3.31. The number of carboxylic acids is 1. The summed E-state index contributed by atoms with van der Waals surface area (Å²) < 4.78 is 1.40.